The summed E-state index contributed by atoms with van der Waals surface area (Å²) in [5, 5.41) is 10.5. The van der Waals surface area contributed by atoms with E-state index < -0.39 is 16.0 Å². The third-order valence-electron chi connectivity index (χ3n) is 4.90. The molecular formula is C21H28ClNO4S. The summed E-state index contributed by atoms with van der Waals surface area (Å²) in [5.74, 6) is -0.509. The number of aliphatic carboxylic acids is 1. The van der Waals surface area contributed by atoms with Crippen molar-refractivity contribution in [2.45, 2.75) is 57.4 Å². The van der Waals surface area contributed by atoms with Gasteiger partial charge in [-0.1, -0.05) is 48.7 Å². The minimum absolute atomic E-state index is 0.0720. The number of rotatable bonds is 10. The molecule has 1 fully saturated rings. The van der Waals surface area contributed by atoms with Gasteiger partial charge in [-0.2, -0.15) is 0 Å². The Bertz CT molecular complexity index is 787. The Morgan fingerprint density at radius 1 is 1.18 bits per heavy atom. The Balaban J connectivity index is 1.88. The smallest absolute Gasteiger partial charge is 0.303 e. The van der Waals surface area contributed by atoms with E-state index in [2.05, 4.69) is 10.8 Å². The zero-order chi connectivity index (χ0) is 20.4. The molecule has 2 N–H and O–H groups in total. The van der Waals surface area contributed by atoms with E-state index in [0.29, 0.717) is 11.4 Å². The van der Waals surface area contributed by atoms with E-state index in [1.165, 1.54) is 5.41 Å². The molecule has 2 rings (SSSR count). The van der Waals surface area contributed by atoms with Gasteiger partial charge in [-0.25, -0.2) is 13.1 Å². The number of carbonyl (C=O) groups is 1. The maximum absolute atomic E-state index is 12.5. The maximum Gasteiger partial charge on any atom is 0.303 e. The van der Waals surface area contributed by atoms with Gasteiger partial charge >= 0.3 is 5.97 Å². The Morgan fingerprint density at radius 3 is 2.61 bits per heavy atom. The van der Waals surface area contributed by atoms with E-state index in [4.69, 9.17) is 16.7 Å². The molecule has 154 valence electrons. The van der Waals surface area contributed by atoms with Crippen LogP contribution in [0.5, 0.6) is 0 Å². The van der Waals surface area contributed by atoms with Crippen LogP contribution in [0.25, 0.3) is 6.08 Å². The number of allylic oxidation sites excluding steroid dienone is 2. The second-order valence-electron chi connectivity index (χ2n) is 7.16. The van der Waals surface area contributed by atoms with Crippen molar-refractivity contribution in [1.29, 1.82) is 0 Å². The molecule has 28 heavy (non-hydrogen) atoms. The van der Waals surface area contributed by atoms with Crippen molar-refractivity contribution in [1.82, 2.24) is 4.72 Å². The van der Waals surface area contributed by atoms with Gasteiger partial charge in [0.25, 0.3) is 0 Å². The average Bonchev–Trinajstić information content (AvgIpc) is 2.65. The summed E-state index contributed by atoms with van der Waals surface area (Å²) in [4.78, 5) is 10.5. The number of hydrogen-bond donors (Lipinski definition) is 2. The van der Waals surface area contributed by atoms with Crippen LogP contribution in [0, 0.1) is 5.92 Å². The molecule has 0 radical (unpaired) electrons. The zero-order valence-electron chi connectivity index (χ0n) is 15.9. The van der Waals surface area contributed by atoms with Gasteiger partial charge < -0.3 is 5.11 Å². The van der Waals surface area contributed by atoms with Crippen molar-refractivity contribution in [3.8, 4) is 0 Å². The number of hydrogen-bond acceptors (Lipinski definition) is 3. The van der Waals surface area contributed by atoms with Crippen molar-refractivity contribution < 1.29 is 18.3 Å². The highest BCUT2D eigenvalue weighted by Crippen LogP contribution is 2.28. The molecule has 1 aliphatic rings. The van der Waals surface area contributed by atoms with E-state index >= 15 is 0 Å². The largest absolute Gasteiger partial charge is 0.481 e. The van der Waals surface area contributed by atoms with Crippen molar-refractivity contribution in [3.05, 3.63) is 52.4 Å². The normalized spacial score (nSPS) is 20.8. The lowest BCUT2D eigenvalue weighted by molar-refractivity contribution is -0.137. The van der Waals surface area contributed by atoms with Crippen LogP contribution >= 0.6 is 11.6 Å². The first kappa shape index (κ1) is 22.7. The SMILES string of the molecule is O=C(O)CCC/C=C/CC1CCCCC1NS(=O)(=O)/C=C/c1ccc(Cl)cc1. The van der Waals surface area contributed by atoms with Crippen LogP contribution in [-0.4, -0.2) is 25.5 Å². The van der Waals surface area contributed by atoms with E-state index in [1.807, 2.05) is 6.08 Å². The van der Waals surface area contributed by atoms with Gasteiger partial charge in [0.1, 0.15) is 0 Å². The quantitative estimate of drug-likeness (QED) is 0.408. The molecule has 0 heterocycles. The van der Waals surface area contributed by atoms with Gasteiger partial charge in [0.15, 0.2) is 0 Å². The van der Waals surface area contributed by atoms with Crippen LogP contribution in [0.2, 0.25) is 5.02 Å². The second kappa shape index (κ2) is 11.4. The summed E-state index contributed by atoms with van der Waals surface area (Å²) in [6, 6.07) is 6.92. The highest BCUT2D eigenvalue weighted by atomic mass is 35.5. The maximum atomic E-state index is 12.5. The van der Waals surface area contributed by atoms with Gasteiger partial charge in [0.05, 0.1) is 0 Å². The molecular weight excluding hydrogens is 398 g/mol. The Labute approximate surface area is 172 Å². The summed E-state index contributed by atoms with van der Waals surface area (Å²) >= 11 is 5.84. The standard InChI is InChI=1S/C21H28ClNO4S/c22-19-13-11-17(12-14-19)15-16-28(26,27)23-20-9-6-5-8-18(20)7-3-1-2-4-10-21(24)25/h1,3,11-16,18,20,23H,2,4-10H2,(H,24,25)/b3-1+,16-15+. The highest BCUT2D eigenvalue weighted by Gasteiger charge is 2.27. The van der Waals surface area contributed by atoms with Gasteiger partial charge in [-0.05, 0) is 61.8 Å². The molecule has 0 bridgehead atoms. The van der Waals surface area contributed by atoms with Crippen LogP contribution in [0.3, 0.4) is 0 Å². The first-order chi connectivity index (χ1) is 13.4. The predicted molar refractivity (Wildman–Crippen MR) is 114 cm³/mol. The molecule has 0 aromatic heterocycles. The van der Waals surface area contributed by atoms with Crippen molar-refractivity contribution in [2.75, 3.05) is 0 Å². The second-order valence-corrected chi connectivity index (χ2v) is 9.20. The van der Waals surface area contributed by atoms with Crippen LogP contribution in [-0.2, 0) is 14.8 Å². The zero-order valence-corrected chi connectivity index (χ0v) is 17.5. The summed E-state index contributed by atoms with van der Waals surface area (Å²) in [6.45, 7) is 0. The van der Waals surface area contributed by atoms with Gasteiger partial charge in [0, 0.05) is 22.9 Å². The molecule has 0 aliphatic heterocycles. The Kier molecular flexibility index (Phi) is 9.22. The molecule has 0 saturated heterocycles. The molecule has 1 aromatic rings. The summed E-state index contributed by atoms with van der Waals surface area (Å²) < 4.78 is 27.8. The van der Waals surface area contributed by atoms with Gasteiger partial charge in [0.2, 0.25) is 10.0 Å². The topological polar surface area (TPSA) is 83.5 Å². The van der Waals surface area contributed by atoms with Crippen LogP contribution in [0.15, 0.2) is 41.8 Å². The third kappa shape index (κ3) is 8.59. The molecule has 5 nitrogen and oxygen atoms in total. The van der Waals surface area contributed by atoms with Crippen molar-refractivity contribution in [2.24, 2.45) is 5.92 Å². The first-order valence-electron chi connectivity index (χ1n) is 9.68. The number of halogens is 1. The predicted octanol–water partition coefficient (Wildman–Crippen LogP) is 4.99. The number of sulfonamides is 1. The number of unbranched alkanes of at least 4 members (excludes halogenated alkanes) is 1. The molecule has 1 aromatic carbocycles. The monoisotopic (exact) mass is 425 g/mol. The van der Waals surface area contributed by atoms with E-state index in [-0.39, 0.29) is 18.4 Å². The lowest BCUT2D eigenvalue weighted by Crippen LogP contribution is -2.41. The molecule has 1 aliphatic carbocycles. The van der Waals surface area contributed by atoms with E-state index in [1.54, 1.807) is 30.3 Å². The number of carboxylic acids is 1. The van der Waals surface area contributed by atoms with Crippen LogP contribution in [0.1, 0.15) is 56.9 Å². The fourth-order valence-electron chi connectivity index (χ4n) is 3.40. The summed E-state index contributed by atoms with van der Waals surface area (Å²) in [5.41, 5.74) is 0.777. The first-order valence-corrected chi connectivity index (χ1v) is 11.6. The molecule has 2 atom stereocenters. The molecule has 7 heteroatoms. The average molecular weight is 426 g/mol. The third-order valence-corrected chi connectivity index (χ3v) is 6.28. The fraction of sp³-hybridized carbons (Fsp3) is 0.476. The minimum Gasteiger partial charge on any atom is -0.481 e. The van der Waals surface area contributed by atoms with Crippen molar-refractivity contribution >= 4 is 33.7 Å². The van der Waals surface area contributed by atoms with Crippen molar-refractivity contribution in [3.63, 3.8) is 0 Å². The Hall–Kier alpha value is -1.63. The number of carboxylic acid groups (broad SMARTS) is 1. The molecule has 2 unspecified atom stereocenters. The summed E-state index contributed by atoms with van der Waals surface area (Å²) in [6.07, 6.45) is 11.9. The van der Waals surface area contributed by atoms with Gasteiger partial charge in [-0.15, -0.1) is 0 Å². The van der Waals surface area contributed by atoms with Crippen LogP contribution in [0.4, 0.5) is 0 Å². The number of benzene rings is 1. The molecule has 1 saturated carbocycles. The highest BCUT2D eigenvalue weighted by molar-refractivity contribution is 7.92. The summed E-state index contributed by atoms with van der Waals surface area (Å²) in [7, 11) is -3.52. The fourth-order valence-corrected chi connectivity index (χ4v) is 4.67. The lowest BCUT2D eigenvalue weighted by atomic mass is 9.83. The number of nitrogens with one attached hydrogen (secondary N) is 1. The lowest BCUT2D eigenvalue weighted by Gasteiger charge is -2.31. The van der Waals surface area contributed by atoms with E-state index in [9.17, 15) is 13.2 Å². The van der Waals surface area contributed by atoms with Gasteiger partial charge in [-0.3, -0.25) is 4.79 Å². The Morgan fingerprint density at radius 2 is 1.89 bits per heavy atom. The van der Waals surface area contributed by atoms with E-state index in [0.717, 1.165) is 44.1 Å². The molecule has 0 amide bonds. The minimum atomic E-state index is -3.52. The van der Waals surface area contributed by atoms with Crippen LogP contribution < -0.4 is 4.72 Å². The molecule has 0 spiro atoms.